The molecule has 1 saturated carbocycles. The Labute approximate surface area is 126 Å². The molecule has 1 heterocycles. The molecule has 2 fully saturated rings. The molecule has 1 spiro atoms. The summed E-state index contributed by atoms with van der Waals surface area (Å²) in [6, 6.07) is 5.98. The monoisotopic (exact) mass is 285 g/mol. The predicted molar refractivity (Wildman–Crippen MR) is 82.2 cm³/mol. The molecule has 1 atom stereocenters. The minimum Gasteiger partial charge on any atom is -0.343 e. The molecule has 3 rings (SSSR count). The van der Waals surface area contributed by atoms with E-state index >= 15 is 0 Å². The number of hydrogen-bond acceptors (Lipinski definition) is 2. The van der Waals surface area contributed by atoms with Gasteiger partial charge in [-0.3, -0.25) is 9.59 Å². The van der Waals surface area contributed by atoms with Crippen molar-refractivity contribution in [3.63, 3.8) is 0 Å². The van der Waals surface area contributed by atoms with E-state index in [1.54, 1.807) is 0 Å². The third kappa shape index (κ3) is 2.39. The Morgan fingerprint density at radius 2 is 1.71 bits per heavy atom. The lowest BCUT2D eigenvalue weighted by Gasteiger charge is -2.25. The summed E-state index contributed by atoms with van der Waals surface area (Å²) < 4.78 is 0. The van der Waals surface area contributed by atoms with Crippen LogP contribution in [0.4, 0.5) is 0 Å². The number of nitrogens with one attached hydrogen (secondary N) is 1. The first kappa shape index (κ1) is 14.3. The number of aryl methyl sites for hydroxylation is 2. The first-order valence-electron chi connectivity index (χ1n) is 7.97. The molecule has 0 aromatic heterocycles. The van der Waals surface area contributed by atoms with E-state index in [1.807, 2.05) is 32.0 Å². The van der Waals surface area contributed by atoms with Crippen molar-refractivity contribution in [2.24, 2.45) is 0 Å². The number of amides is 1. The fourth-order valence-electron chi connectivity index (χ4n) is 3.90. The Bertz CT molecular complexity index is 583. The first-order chi connectivity index (χ1) is 10.0. The zero-order valence-electron chi connectivity index (χ0n) is 12.9. The lowest BCUT2D eigenvalue weighted by atomic mass is 9.81. The third-order valence-corrected chi connectivity index (χ3v) is 5.05. The van der Waals surface area contributed by atoms with Gasteiger partial charge in [0.1, 0.15) is 5.92 Å². The largest absolute Gasteiger partial charge is 0.343 e. The molecule has 1 N–H and O–H groups in total. The Kier molecular flexibility index (Phi) is 3.60. The summed E-state index contributed by atoms with van der Waals surface area (Å²) in [4.78, 5) is 25.5. The maximum absolute atomic E-state index is 13.0. The molecule has 2 aliphatic rings. The van der Waals surface area contributed by atoms with Gasteiger partial charge in [-0.15, -0.1) is 0 Å². The molecule has 1 aromatic rings. The van der Waals surface area contributed by atoms with E-state index in [0.717, 1.165) is 42.4 Å². The molecule has 21 heavy (non-hydrogen) atoms. The van der Waals surface area contributed by atoms with Gasteiger partial charge in [-0.25, -0.2) is 0 Å². The number of carbonyl (C=O) groups excluding carboxylic acids is 2. The van der Waals surface area contributed by atoms with Gasteiger partial charge in [0, 0.05) is 0 Å². The lowest BCUT2D eigenvalue weighted by Crippen LogP contribution is -2.46. The van der Waals surface area contributed by atoms with Crippen LogP contribution >= 0.6 is 0 Å². The standard InChI is InChI=1S/C18H23NO2/c1-12-7-8-14(13(2)11-12)15-16(20)18(19-17(15)21)9-5-3-4-6-10-18/h7-8,11,15H,3-6,9-10H2,1-2H3,(H,19,21). The van der Waals surface area contributed by atoms with Crippen LogP contribution in [0.15, 0.2) is 18.2 Å². The highest BCUT2D eigenvalue weighted by Crippen LogP contribution is 2.39. The number of carbonyl (C=O) groups is 2. The summed E-state index contributed by atoms with van der Waals surface area (Å²) >= 11 is 0. The van der Waals surface area contributed by atoms with Crippen molar-refractivity contribution in [2.45, 2.75) is 63.8 Å². The highest BCUT2D eigenvalue weighted by Gasteiger charge is 2.52. The van der Waals surface area contributed by atoms with Crippen LogP contribution in [0.25, 0.3) is 0 Å². The molecule has 1 amide bonds. The molecular weight excluding hydrogens is 262 g/mol. The molecular formula is C18H23NO2. The second kappa shape index (κ2) is 5.28. The Morgan fingerprint density at radius 1 is 1.05 bits per heavy atom. The van der Waals surface area contributed by atoms with Crippen molar-refractivity contribution < 1.29 is 9.59 Å². The smallest absolute Gasteiger partial charge is 0.235 e. The van der Waals surface area contributed by atoms with Gasteiger partial charge in [-0.2, -0.15) is 0 Å². The van der Waals surface area contributed by atoms with Crippen LogP contribution in [0.1, 0.15) is 61.1 Å². The van der Waals surface area contributed by atoms with E-state index in [4.69, 9.17) is 0 Å². The SMILES string of the molecule is Cc1ccc(C2C(=O)NC3(CCCCCC3)C2=O)c(C)c1. The van der Waals surface area contributed by atoms with Crippen LogP contribution in [0.3, 0.4) is 0 Å². The molecule has 3 heteroatoms. The van der Waals surface area contributed by atoms with Crippen molar-refractivity contribution in [1.82, 2.24) is 5.32 Å². The van der Waals surface area contributed by atoms with Crippen molar-refractivity contribution in [3.8, 4) is 0 Å². The van der Waals surface area contributed by atoms with Gasteiger partial charge in [-0.1, -0.05) is 49.4 Å². The quantitative estimate of drug-likeness (QED) is 0.806. The van der Waals surface area contributed by atoms with Crippen molar-refractivity contribution in [2.75, 3.05) is 0 Å². The van der Waals surface area contributed by atoms with Gasteiger partial charge >= 0.3 is 0 Å². The topological polar surface area (TPSA) is 46.2 Å². The molecule has 3 nitrogen and oxygen atoms in total. The summed E-state index contributed by atoms with van der Waals surface area (Å²) in [5, 5.41) is 3.06. The van der Waals surface area contributed by atoms with Crippen LogP contribution in [0.2, 0.25) is 0 Å². The van der Waals surface area contributed by atoms with Gasteiger partial charge in [0.15, 0.2) is 5.78 Å². The molecule has 1 saturated heterocycles. The van der Waals surface area contributed by atoms with Gasteiger partial charge in [0.25, 0.3) is 0 Å². The average Bonchev–Trinajstić information content (AvgIpc) is 2.60. The third-order valence-electron chi connectivity index (χ3n) is 5.05. The first-order valence-corrected chi connectivity index (χ1v) is 7.97. The number of Topliss-reactive ketones (excluding diaryl/α,β-unsaturated/α-hetero) is 1. The number of rotatable bonds is 1. The van der Waals surface area contributed by atoms with Crippen LogP contribution in [0, 0.1) is 13.8 Å². The maximum Gasteiger partial charge on any atom is 0.235 e. The van der Waals surface area contributed by atoms with Gasteiger partial charge < -0.3 is 5.32 Å². The van der Waals surface area contributed by atoms with Crippen molar-refractivity contribution in [1.29, 1.82) is 0 Å². The lowest BCUT2D eigenvalue weighted by molar-refractivity contribution is -0.125. The molecule has 1 aliphatic carbocycles. The molecule has 1 unspecified atom stereocenters. The zero-order chi connectivity index (χ0) is 15.0. The van der Waals surface area contributed by atoms with Gasteiger partial charge in [0.2, 0.25) is 5.91 Å². The highest BCUT2D eigenvalue weighted by molar-refractivity contribution is 6.17. The van der Waals surface area contributed by atoms with Gasteiger partial charge in [-0.05, 0) is 37.8 Å². The summed E-state index contributed by atoms with van der Waals surface area (Å²) in [7, 11) is 0. The number of hydrogen-bond donors (Lipinski definition) is 1. The van der Waals surface area contributed by atoms with Crippen molar-refractivity contribution in [3.05, 3.63) is 34.9 Å². The summed E-state index contributed by atoms with van der Waals surface area (Å²) in [5.74, 6) is -0.612. The molecule has 1 aromatic carbocycles. The normalized spacial score (nSPS) is 25.0. The maximum atomic E-state index is 13.0. The Balaban J connectivity index is 1.97. The molecule has 1 aliphatic heterocycles. The minimum absolute atomic E-state index is 0.0985. The fraction of sp³-hybridized carbons (Fsp3) is 0.556. The second-order valence-electron chi connectivity index (χ2n) is 6.64. The fourth-order valence-corrected chi connectivity index (χ4v) is 3.90. The molecule has 0 radical (unpaired) electrons. The number of benzene rings is 1. The Hall–Kier alpha value is -1.64. The highest BCUT2D eigenvalue weighted by atomic mass is 16.2. The summed E-state index contributed by atoms with van der Waals surface area (Å²) in [5.41, 5.74) is 2.49. The molecule has 0 bridgehead atoms. The van der Waals surface area contributed by atoms with Crippen LogP contribution in [0.5, 0.6) is 0 Å². The predicted octanol–water partition coefficient (Wildman–Crippen LogP) is 3.18. The van der Waals surface area contributed by atoms with E-state index in [-0.39, 0.29) is 11.7 Å². The van der Waals surface area contributed by atoms with Crippen molar-refractivity contribution >= 4 is 11.7 Å². The van der Waals surface area contributed by atoms with E-state index in [1.165, 1.54) is 12.8 Å². The van der Waals surface area contributed by atoms with E-state index < -0.39 is 11.5 Å². The molecule has 112 valence electrons. The van der Waals surface area contributed by atoms with Crippen LogP contribution < -0.4 is 5.32 Å². The minimum atomic E-state index is -0.608. The summed E-state index contributed by atoms with van der Waals surface area (Å²) in [6.45, 7) is 4.01. The van der Waals surface area contributed by atoms with E-state index in [2.05, 4.69) is 5.32 Å². The van der Waals surface area contributed by atoms with Gasteiger partial charge in [0.05, 0.1) is 5.54 Å². The Morgan fingerprint density at radius 3 is 2.33 bits per heavy atom. The average molecular weight is 285 g/mol. The van der Waals surface area contributed by atoms with Crippen LogP contribution in [-0.4, -0.2) is 17.2 Å². The van der Waals surface area contributed by atoms with E-state index in [0.29, 0.717) is 0 Å². The zero-order valence-corrected chi connectivity index (χ0v) is 12.9. The second-order valence-corrected chi connectivity index (χ2v) is 6.64. The summed E-state index contributed by atoms with van der Waals surface area (Å²) in [6.07, 6.45) is 6.01. The van der Waals surface area contributed by atoms with E-state index in [9.17, 15) is 9.59 Å². The van der Waals surface area contributed by atoms with Crippen LogP contribution in [-0.2, 0) is 9.59 Å². The number of ketones is 1.